The van der Waals surface area contributed by atoms with Gasteiger partial charge < -0.3 is 24.6 Å². The Balaban J connectivity index is 1.61. The number of anilines is 2. The van der Waals surface area contributed by atoms with Gasteiger partial charge in [0.1, 0.15) is 11.9 Å². The van der Waals surface area contributed by atoms with Gasteiger partial charge in [-0.25, -0.2) is 4.98 Å². The first-order valence-corrected chi connectivity index (χ1v) is 15.0. The largest absolute Gasteiger partial charge is 0.493 e. The molecule has 2 atom stereocenters. The molecular formula is C29H40N6O5S. The number of amides is 2. The van der Waals surface area contributed by atoms with Gasteiger partial charge >= 0.3 is 0 Å². The van der Waals surface area contributed by atoms with Crippen molar-refractivity contribution in [3.05, 3.63) is 24.3 Å². The molecule has 11 nitrogen and oxygen atoms in total. The summed E-state index contributed by atoms with van der Waals surface area (Å²) in [7, 11) is 3.12. The van der Waals surface area contributed by atoms with Crippen molar-refractivity contribution in [1.82, 2.24) is 19.8 Å². The van der Waals surface area contributed by atoms with E-state index in [1.165, 1.54) is 6.92 Å². The minimum absolute atomic E-state index is 0.0296. The monoisotopic (exact) mass is 584 g/mol. The molecule has 0 spiro atoms. The molecule has 0 bridgehead atoms. The SMILES string of the molecule is C/C=C/CN1CCN(c2nc(NC(=O)C3CCCN3C(=O)C(C)CSC(C)=O)c3cc(OC)c(OC)cc3n2)CC1. The van der Waals surface area contributed by atoms with Gasteiger partial charge in [-0.2, -0.15) is 4.98 Å². The predicted octanol–water partition coefficient (Wildman–Crippen LogP) is 3.19. The van der Waals surface area contributed by atoms with Crippen LogP contribution in [0, 0.1) is 5.92 Å². The van der Waals surface area contributed by atoms with Gasteiger partial charge in [0.25, 0.3) is 0 Å². The van der Waals surface area contributed by atoms with Crippen LogP contribution in [0.2, 0.25) is 0 Å². The number of carbonyl (C=O) groups excluding carboxylic acids is 3. The molecule has 2 unspecified atom stereocenters. The highest BCUT2D eigenvalue weighted by Gasteiger charge is 2.36. The van der Waals surface area contributed by atoms with Gasteiger partial charge in [-0.05, 0) is 25.8 Å². The molecule has 2 aromatic rings. The van der Waals surface area contributed by atoms with Gasteiger partial charge in [-0.15, -0.1) is 0 Å². The van der Waals surface area contributed by atoms with Crippen molar-refractivity contribution in [1.29, 1.82) is 0 Å². The molecule has 0 saturated carbocycles. The minimum atomic E-state index is -0.615. The fourth-order valence-corrected chi connectivity index (χ4v) is 5.79. The highest BCUT2D eigenvalue weighted by atomic mass is 32.2. The molecule has 41 heavy (non-hydrogen) atoms. The topological polar surface area (TPSA) is 117 Å². The first kappa shape index (κ1) is 30.6. The second-order valence-corrected chi connectivity index (χ2v) is 11.5. The van der Waals surface area contributed by atoms with Gasteiger partial charge in [0.15, 0.2) is 16.6 Å². The molecule has 1 N–H and O–H groups in total. The standard InChI is InChI=1S/C29H40N6O5S/c1-6-7-10-33-12-14-34(15-13-33)29-30-22-17-25(40-5)24(39-4)16-21(22)26(32-29)31-27(37)23-9-8-11-35(23)28(38)19(2)18-41-20(3)36/h6-7,16-17,19,23H,8-15,18H2,1-5H3,(H,30,31,32,37)/b7-6+. The minimum Gasteiger partial charge on any atom is -0.493 e. The number of ether oxygens (including phenoxy) is 2. The number of nitrogens with zero attached hydrogens (tertiary/aromatic N) is 5. The van der Waals surface area contributed by atoms with Crippen LogP contribution in [-0.4, -0.2) is 102 Å². The fraction of sp³-hybridized carbons (Fsp3) is 0.552. The lowest BCUT2D eigenvalue weighted by Crippen LogP contribution is -2.47. The van der Waals surface area contributed by atoms with Crippen LogP contribution in [0.25, 0.3) is 10.9 Å². The highest BCUT2D eigenvalue weighted by molar-refractivity contribution is 8.13. The fourth-order valence-electron chi connectivity index (χ4n) is 5.16. The Bertz CT molecular complexity index is 1300. The maximum atomic E-state index is 13.7. The molecule has 2 aliphatic rings. The zero-order valence-corrected chi connectivity index (χ0v) is 25.3. The van der Waals surface area contributed by atoms with Gasteiger partial charge in [-0.3, -0.25) is 19.3 Å². The second-order valence-electron chi connectivity index (χ2n) is 10.3. The summed E-state index contributed by atoms with van der Waals surface area (Å²) >= 11 is 1.13. The van der Waals surface area contributed by atoms with E-state index in [-0.39, 0.29) is 22.8 Å². The van der Waals surface area contributed by atoms with Crippen LogP contribution < -0.4 is 19.7 Å². The number of thioether (sulfide) groups is 1. The van der Waals surface area contributed by atoms with Crippen molar-refractivity contribution in [3.63, 3.8) is 0 Å². The average molecular weight is 585 g/mol. The van der Waals surface area contributed by atoms with E-state index in [1.807, 2.05) is 6.92 Å². The number of rotatable bonds is 10. The summed E-state index contributed by atoms with van der Waals surface area (Å²) < 4.78 is 11.0. The summed E-state index contributed by atoms with van der Waals surface area (Å²) in [6, 6.07) is 2.94. The molecule has 2 aliphatic heterocycles. The number of aromatic nitrogens is 2. The van der Waals surface area contributed by atoms with Crippen molar-refractivity contribution in [2.45, 2.75) is 39.7 Å². The molecule has 222 valence electrons. The van der Waals surface area contributed by atoms with Crippen LogP contribution in [0.5, 0.6) is 11.5 Å². The van der Waals surface area contributed by atoms with Crippen molar-refractivity contribution in [2.24, 2.45) is 5.92 Å². The van der Waals surface area contributed by atoms with E-state index in [0.717, 1.165) is 50.9 Å². The normalized spacial score (nSPS) is 18.6. The van der Waals surface area contributed by atoms with Gasteiger partial charge in [-0.1, -0.05) is 30.8 Å². The quantitative estimate of drug-likeness (QED) is 0.417. The lowest BCUT2D eigenvalue weighted by Gasteiger charge is -2.34. The van der Waals surface area contributed by atoms with Gasteiger partial charge in [0.05, 0.1) is 19.7 Å². The Morgan fingerprint density at radius 3 is 2.46 bits per heavy atom. The predicted molar refractivity (Wildman–Crippen MR) is 162 cm³/mol. The molecule has 1 aromatic heterocycles. The molecule has 0 aliphatic carbocycles. The Morgan fingerprint density at radius 2 is 1.80 bits per heavy atom. The summed E-state index contributed by atoms with van der Waals surface area (Å²) in [6.07, 6.45) is 5.50. The number of methoxy groups -OCH3 is 2. The van der Waals surface area contributed by atoms with Crippen molar-refractivity contribution < 1.29 is 23.9 Å². The van der Waals surface area contributed by atoms with Crippen LogP contribution in [0.15, 0.2) is 24.3 Å². The molecule has 4 rings (SSSR count). The summed E-state index contributed by atoms with van der Waals surface area (Å²) in [5, 5.41) is 3.61. The molecule has 12 heteroatoms. The zero-order chi connectivity index (χ0) is 29.5. The Hall–Kier alpha value is -3.38. The third-order valence-corrected chi connectivity index (χ3v) is 8.56. The zero-order valence-electron chi connectivity index (χ0n) is 24.5. The molecule has 0 radical (unpaired) electrons. The van der Waals surface area contributed by atoms with Crippen LogP contribution in [0.1, 0.15) is 33.6 Å². The number of piperazine rings is 1. The Labute approximate surface area is 245 Å². The van der Waals surface area contributed by atoms with E-state index in [9.17, 15) is 14.4 Å². The lowest BCUT2D eigenvalue weighted by molar-refractivity contribution is -0.139. The van der Waals surface area contributed by atoms with Crippen LogP contribution in [0.4, 0.5) is 11.8 Å². The van der Waals surface area contributed by atoms with E-state index in [1.54, 1.807) is 38.2 Å². The van der Waals surface area contributed by atoms with Gasteiger partial charge in [0.2, 0.25) is 17.8 Å². The summed E-state index contributed by atoms with van der Waals surface area (Å²) in [5.74, 6) is 1.54. The average Bonchev–Trinajstić information content (AvgIpc) is 3.48. The van der Waals surface area contributed by atoms with E-state index in [2.05, 4.69) is 27.3 Å². The lowest BCUT2D eigenvalue weighted by atomic mass is 10.1. The summed E-state index contributed by atoms with van der Waals surface area (Å²) in [5.41, 5.74) is 0.619. The van der Waals surface area contributed by atoms with Crippen LogP contribution in [0.3, 0.4) is 0 Å². The first-order valence-electron chi connectivity index (χ1n) is 14.0. The van der Waals surface area contributed by atoms with Crippen LogP contribution >= 0.6 is 11.8 Å². The van der Waals surface area contributed by atoms with Crippen molar-refractivity contribution >= 4 is 51.4 Å². The second kappa shape index (κ2) is 14.0. The van der Waals surface area contributed by atoms with E-state index < -0.39 is 6.04 Å². The molecule has 3 heterocycles. The summed E-state index contributed by atoms with van der Waals surface area (Å²) in [6.45, 7) is 9.98. The van der Waals surface area contributed by atoms with Crippen molar-refractivity contribution in [3.8, 4) is 11.5 Å². The van der Waals surface area contributed by atoms with E-state index in [4.69, 9.17) is 19.4 Å². The molecule has 2 saturated heterocycles. The highest BCUT2D eigenvalue weighted by Crippen LogP contribution is 2.35. The Morgan fingerprint density at radius 1 is 1.10 bits per heavy atom. The molecular weight excluding hydrogens is 544 g/mol. The third-order valence-electron chi connectivity index (χ3n) is 7.48. The summed E-state index contributed by atoms with van der Waals surface area (Å²) in [4.78, 5) is 54.0. The first-order chi connectivity index (χ1) is 19.7. The number of nitrogens with one attached hydrogen (secondary N) is 1. The van der Waals surface area contributed by atoms with Gasteiger partial charge in [0, 0.05) is 69.3 Å². The molecule has 2 amide bonds. The number of hydrogen-bond donors (Lipinski definition) is 1. The van der Waals surface area contributed by atoms with Crippen LogP contribution in [-0.2, 0) is 14.4 Å². The van der Waals surface area contributed by atoms with Crippen molar-refractivity contribution in [2.75, 3.05) is 69.5 Å². The number of hydrogen-bond acceptors (Lipinski definition) is 10. The molecule has 1 aromatic carbocycles. The maximum absolute atomic E-state index is 13.7. The van der Waals surface area contributed by atoms with E-state index >= 15 is 0 Å². The number of benzene rings is 1. The third kappa shape index (κ3) is 7.28. The number of fused-ring (bicyclic) bond motifs is 1. The van der Waals surface area contributed by atoms with E-state index in [0.29, 0.717) is 52.9 Å². The smallest absolute Gasteiger partial charge is 0.248 e. The Kier molecular flexibility index (Phi) is 10.4. The number of allylic oxidation sites excluding steroid dienone is 1. The maximum Gasteiger partial charge on any atom is 0.248 e. The molecule has 2 fully saturated rings. The number of likely N-dealkylation sites (tertiary alicyclic amines) is 1. The number of carbonyl (C=O) groups is 3.